The Labute approximate surface area is 330 Å². The molecule has 3 aliphatic rings. The largest absolute Gasteiger partial charge is 0.497 e. The Balaban J connectivity index is 1.14. The number of methoxy groups -OCH3 is 4. The number of piperidine rings is 1. The number of hydrogen-bond donors (Lipinski definition) is 1. The van der Waals surface area contributed by atoms with Gasteiger partial charge in [-0.15, -0.1) is 0 Å². The van der Waals surface area contributed by atoms with Gasteiger partial charge in [-0.2, -0.15) is 0 Å². The lowest BCUT2D eigenvalue weighted by atomic mass is 9.76. The van der Waals surface area contributed by atoms with Gasteiger partial charge in [-0.05, 0) is 74.5 Å². The number of rotatable bonds is 14. The van der Waals surface area contributed by atoms with Crippen LogP contribution in [0.1, 0.15) is 54.1 Å². The molecule has 3 saturated heterocycles. The topological polar surface area (TPSA) is 122 Å². The van der Waals surface area contributed by atoms with Crippen molar-refractivity contribution >= 4 is 17.9 Å². The summed E-state index contributed by atoms with van der Waals surface area (Å²) in [5.74, 6) is 1.80. The summed E-state index contributed by atoms with van der Waals surface area (Å²) in [6, 6.07) is 21.9. The van der Waals surface area contributed by atoms with Crippen molar-refractivity contribution in [1.82, 2.24) is 24.9 Å². The van der Waals surface area contributed by atoms with Crippen molar-refractivity contribution in [1.29, 1.82) is 0 Å². The van der Waals surface area contributed by atoms with E-state index in [1.54, 1.807) is 47.5 Å². The van der Waals surface area contributed by atoms with E-state index in [2.05, 4.69) is 34.5 Å². The van der Waals surface area contributed by atoms with Crippen molar-refractivity contribution in [2.75, 3.05) is 100 Å². The Bertz CT molecular complexity index is 1780. The predicted octanol–water partition coefficient (Wildman–Crippen LogP) is 4.78. The number of nitrogens with one attached hydrogen (secondary N) is 1. The van der Waals surface area contributed by atoms with Crippen molar-refractivity contribution in [2.24, 2.45) is 0 Å². The number of esters is 1. The predicted molar refractivity (Wildman–Crippen MR) is 213 cm³/mol. The van der Waals surface area contributed by atoms with Crippen LogP contribution in [0.25, 0.3) is 0 Å². The summed E-state index contributed by atoms with van der Waals surface area (Å²) in [5, 5.41) is 3.48. The van der Waals surface area contributed by atoms with Crippen molar-refractivity contribution in [3.63, 3.8) is 0 Å². The molecule has 3 fully saturated rings. The number of carbonyl (C=O) groups excluding carboxylic acids is 3. The van der Waals surface area contributed by atoms with Crippen molar-refractivity contribution in [3.8, 4) is 23.0 Å². The highest BCUT2D eigenvalue weighted by Gasteiger charge is 2.44. The van der Waals surface area contributed by atoms with Gasteiger partial charge in [0.15, 0.2) is 11.5 Å². The zero-order valence-corrected chi connectivity index (χ0v) is 33.5. The summed E-state index contributed by atoms with van der Waals surface area (Å²) >= 11 is 0. The molecule has 1 unspecified atom stereocenters. The molecule has 0 spiro atoms. The molecule has 56 heavy (non-hydrogen) atoms. The maximum atomic E-state index is 14.1. The van der Waals surface area contributed by atoms with Gasteiger partial charge in [0.2, 0.25) is 5.75 Å². The van der Waals surface area contributed by atoms with Crippen LogP contribution < -0.4 is 24.3 Å². The molecule has 3 heterocycles. The summed E-state index contributed by atoms with van der Waals surface area (Å²) in [5.41, 5.74) is 1.96. The molecule has 13 nitrogen and oxygen atoms in total. The normalized spacial score (nSPS) is 19.9. The third-order valence-corrected chi connectivity index (χ3v) is 11.8. The summed E-state index contributed by atoms with van der Waals surface area (Å²) in [4.78, 5) is 48.3. The van der Waals surface area contributed by atoms with Crippen LogP contribution in [-0.2, 0) is 20.5 Å². The molecular formula is C43H57N5O8. The highest BCUT2D eigenvalue weighted by molar-refractivity contribution is 5.96. The van der Waals surface area contributed by atoms with Gasteiger partial charge in [-0.25, -0.2) is 4.79 Å². The highest BCUT2D eigenvalue weighted by atomic mass is 16.5. The molecule has 13 heteroatoms. The van der Waals surface area contributed by atoms with Gasteiger partial charge in [-0.3, -0.25) is 14.5 Å². The second-order valence-electron chi connectivity index (χ2n) is 14.9. The molecule has 0 bridgehead atoms. The maximum absolute atomic E-state index is 14.1. The summed E-state index contributed by atoms with van der Waals surface area (Å²) in [6.45, 7) is 8.38. The highest BCUT2D eigenvalue weighted by Crippen LogP contribution is 2.43. The third kappa shape index (κ3) is 9.00. The monoisotopic (exact) mass is 771 g/mol. The second-order valence-corrected chi connectivity index (χ2v) is 14.9. The van der Waals surface area contributed by atoms with Crippen LogP contribution in [0.2, 0.25) is 0 Å². The van der Waals surface area contributed by atoms with Crippen LogP contribution >= 0.6 is 0 Å². The third-order valence-electron chi connectivity index (χ3n) is 11.8. The lowest BCUT2D eigenvalue weighted by Gasteiger charge is -2.45. The fraction of sp³-hybridized carbons (Fsp3) is 0.512. The first-order chi connectivity index (χ1) is 27.2. The van der Waals surface area contributed by atoms with E-state index in [1.165, 1.54) is 0 Å². The number of hydrogen-bond acceptors (Lipinski definition) is 10. The van der Waals surface area contributed by atoms with Crippen LogP contribution in [-0.4, -0.2) is 138 Å². The summed E-state index contributed by atoms with van der Waals surface area (Å²) < 4.78 is 27.4. The Kier molecular flexibility index (Phi) is 13.3. The van der Waals surface area contributed by atoms with Crippen LogP contribution in [0.4, 0.5) is 4.79 Å². The van der Waals surface area contributed by atoms with Crippen LogP contribution in [0.15, 0.2) is 66.7 Å². The standard InChI is InChI=1S/C43H57N5O8/c1-6-56-38(49)30-46-23-25-47(26-24-46)41(51)44-43(33-11-8-7-9-12-33)17-20-45(21-18-43)19-15-42(34-13-10-14-35(29-34)52-2)16-22-48(31-42)40(50)32-27-36(53-3)39(55-5)37(28-32)54-4/h7-14,27-29H,6,15-26,30-31H2,1-5H3,(H,44,51). The molecule has 3 aliphatic heterocycles. The Morgan fingerprint density at radius 3 is 2.00 bits per heavy atom. The fourth-order valence-electron chi connectivity index (χ4n) is 8.53. The zero-order chi connectivity index (χ0) is 39.7. The first kappa shape index (κ1) is 40.6. The van der Waals surface area contributed by atoms with E-state index in [4.69, 9.17) is 23.7 Å². The molecular weight excluding hydrogens is 715 g/mol. The smallest absolute Gasteiger partial charge is 0.320 e. The van der Waals surface area contributed by atoms with E-state index in [-0.39, 0.29) is 29.9 Å². The van der Waals surface area contributed by atoms with E-state index in [0.717, 1.165) is 62.2 Å². The van der Waals surface area contributed by atoms with E-state index in [9.17, 15) is 14.4 Å². The number of piperazine rings is 1. The molecule has 0 aromatic heterocycles. The summed E-state index contributed by atoms with van der Waals surface area (Å²) in [7, 11) is 6.32. The quantitative estimate of drug-likeness (QED) is 0.230. The zero-order valence-electron chi connectivity index (χ0n) is 33.5. The van der Waals surface area contributed by atoms with Gasteiger partial charge in [0.25, 0.3) is 5.91 Å². The van der Waals surface area contributed by atoms with Crippen LogP contribution in [0.3, 0.4) is 0 Å². The van der Waals surface area contributed by atoms with E-state index in [1.807, 2.05) is 45.0 Å². The van der Waals surface area contributed by atoms with E-state index < -0.39 is 5.54 Å². The van der Waals surface area contributed by atoms with E-state index in [0.29, 0.717) is 68.7 Å². The van der Waals surface area contributed by atoms with E-state index >= 15 is 0 Å². The van der Waals surface area contributed by atoms with Crippen molar-refractivity contribution in [3.05, 3.63) is 83.4 Å². The van der Waals surface area contributed by atoms with Gasteiger partial charge < -0.3 is 43.7 Å². The maximum Gasteiger partial charge on any atom is 0.320 e. The molecule has 3 amide bonds. The lowest BCUT2D eigenvalue weighted by molar-refractivity contribution is -0.144. The van der Waals surface area contributed by atoms with Gasteiger partial charge in [0.1, 0.15) is 5.75 Å². The number of amides is 3. The molecule has 0 saturated carbocycles. The first-order valence-corrected chi connectivity index (χ1v) is 19.6. The number of ether oxygens (including phenoxy) is 5. The Morgan fingerprint density at radius 1 is 0.696 bits per heavy atom. The number of benzene rings is 3. The van der Waals surface area contributed by atoms with Crippen molar-refractivity contribution < 1.29 is 38.1 Å². The first-order valence-electron chi connectivity index (χ1n) is 19.6. The molecule has 3 aromatic rings. The van der Waals surface area contributed by atoms with Crippen LogP contribution in [0.5, 0.6) is 23.0 Å². The Hall–Kier alpha value is -5.01. The van der Waals surface area contributed by atoms with Gasteiger partial charge in [0, 0.05) is 63.3 Å². The average molecular weight is 772 g/mol. The summed E-state index contributed by atoms with van der Waals surface area (Å²) in [6.07, 6.45) is 3.19. The number of nitrogens with zero attached hydrogens (tertiary/aromatic N) is 4. The molecule has 0 radical (unpaired) electrons. The fourth-order valence-corrected chi connectivity index (χ4v) is 8.53. The second kappa shape index (κ2) is 18.3. The number of urea groups is 1. The molecule has 3 aromatic carbocycles. The molecule has 302 valence electrons. The minimum atomic E-state index is -0.502. The molecule has 6 rings (SSSR count). The number of carbonyl (C=O) groups is 3. The lowest BCUT2D eigenvalue weighted by Crippen LogP contribution is -2.59. The van der Waals surface area contributed by atoms with Gasteiger partial charge >= 0.3 is 12.0 Å². The van der Waals surface area contributed by atoms with Gasteiger partial charge in [-0.1, -0.05) is 42.5 Å². The molecule has 1 N–H and O–H groups in total. The SMILES string of the molecule is CCOC(=O)CN1CCN(C(=O)NC2(c3ccccc3)CCN(CCC3(c4cccc(OC)c4)CCN(C(=O)c4cc(OC)c(OC)c(OC)c4)C3)CC2)CC1. The minimum absolute atomic E-state index is 0.0714. The average Bonchev–Trinajstić information content (AvgIpc) is 3.69. The van der Waals surface area contributed by atoms with Crippen molar-refractivity contribution in [2.45, 2.75) is 43.6 Å². The molecule has 1 atom stereocenters. The minimum Gasteiger partial charge on any atom is -0.497 e. The number of likely N-dealkylation sites (tertiary alicyclic amines) is 2. The Morgan fingerprint density at radius 2 is 1.38 bits per heavy atom. The van der Waals surface area contributed by atoms with Crippen LogP contribution in [0, 0.1) is 0 Å². The van der Waals surface area contributed by atoms with Gasteiger partial charge in [0.05, 0.1) is 47.1 Å². The molecule has 0 aliphatic carbocycles.